The number of hydrogen-bond acceptors (Lipinski definition) is 2. The number of halogens is 2. The Bertz CT molecular complexity index is 291. The number of rotatable bonds is 3. The van der Waals surface area contributed by atoms with E-state index in [0.29, 0.717) is 13.0 Å². The molecule has 0 saturated carbocycles. The van der Waals surface area contributed by atoms with Crippen LogP contribution in [0.25, 0.3) is 0 Å². The Morgan fingerprint density at radius 3 is 2.77 bits per heavy atom. The largest absolute Gasteiger partial charge is 0.330 e. The molecular weight excluding hydrogens is 235 g/mol. The molecular formula is C9H12BrFN2. The standard InChI is InChI=1S/C9H12BrFN2/c10-8-2-1-6(11)5-7(8)9(13)3-4-12/h1-2,5,9H,3-4,12-13H2/t9-/m1/s1. The van der Waals surface area contributed by atoms with Crippen LogP contribution in [0.15, 0.2) is 22.7 Å². The van der Waals surface area contributed by atoms with Gasteiger partial charge in [-0.1, -0.05) is 15.9 Å². The molecule has 0 radical (unpaired) electrons. The van der Waals surface area contributed by atoms with E-state index in [2.05, 4.69) is 15.9 Å². The highest BCUT2D eigenvalue weighted by Gasteiger charge is 2.09. The van der Waals surface area contributed by atoms with Gasteiger partial charge in [0.15, 0.2) is 0 Å². The minimum atomic E-state index is -0.273. The van der Waals surface area contributed by atoms with Gasteiger partial charge < -0.3 is 11.5 Å². The van der Waals surface area contributed by atoms with E-state index in [4.69, 9.17) is 11.5 Å². The van der Waals surface area contributed by atoms with Gasteiger partial charge in [0.05, 0.1) is 0 Å². The summed E-state index contributed by atoms with van der Waals surface area (Å²) in [5.41, 5.74) is 11.9. The molecule has 0 amide bonds. The summed E-state index contributed by atoms with van der Waals surface area (Å²) in [4.78, 5) is 0. The van der Waals surface area contributed by atoms with E-state index in [0.717, 1.165) is 10.0 Å². The van der Waals surface area contributed by atoms with Crippen molar-refractivity contribution in [3.05, 3.63) is 34.1 Å². The monoisotopic (exact) mass is 246 g/mol. The Kier molecular flexibility index (Phi) is 3.84. The summed E-state index contributed by atoms with van der Waals surface area (Å²) in [5, 5.41) is 0. The van der Waals surface area contributed by atoms with Crippen molar-refractivity contribution in [1.29, 1.82) is 0 Å². The molecule has 0 spiro atoms. The molecule has 0 aromatic heterocycles. The normalized spacial score (nSPS) is 12.9. The van der Waals surface area contributed by atoms with E-state index in [1.807, 2.05) is 0 Å². The van der Waals surface area contributed by atoms with Gasteiger partial charge in [-0.05, 0) is 36.7 Å². The zero-order chi connectivity index (χ0) is 9.84. The fourth-order valence-corrected chi connectivity index (χ4v) is 1.67. The molecule has 0 fully saturated rings. The van der Waals surface area contributed by atoms with Gasteiger partial charge in [-0.2, -0.15) is 0 Å². The topological polar surface area (TPSA) is 52.0 Å². The molecule has 1 aromatic carbocycles. The van der Waals surface area contributed by atoms with Crippen LogP contribution >= 0.6 is 15.9 Å². The molecule has 1 rings (SSSR count). The first-order chi connectivity index (χ1) is 6.15. The highest BCUT2D eigenvalue weighted by atomic mass is 79.9. The first kappa shape index (κ1) is 10.6. The van der Waals surface area contributed by atoms with Gasteiger partial charge in [0.2, 0.25) is 0 Å². The van der Waals surface area contributed by atoms with Gasteiger partial charge in [0.1, 0.15) is 5.82 Å². The van der Waals surface area contributed by atoms with Crippen molar-refractivity contribution in [2.24, 2.45) is 11.5 Å². The first-order valence-corrected chi connectivity index (χ1v) is 4.85. The van der Waals surface area contributed by atoms with Crippen LogP contribution in [0.2, 0.25) is 0 Å². The molecule has 4 heteroatoms. The van der Waals surface area contributed by atoms with Gasteiger partial charge in [0.25, 0.3) is 0 Å². The third kappa shape index (κ3) is 2.76. The molecule has 0 aliphatic carbocycles. The lowest BCUT2D eigenvalue weighted by molar-refractivity contribution is 0.610. The Hall–Kier alpha value is -0.450. The van der Waals surface area contributed by atoms with Crippen molar-refractivity contribution < 1.29 is 4.39 Å². The second kappa shape index (κ2) is 4.69. The van der Waals surface area contributed by atoms with Gasteiger partial charge in [-0.25, -0.2) is 4.39 Å². The van der Waals surface area contributed by atoms with Crippen molar-refractivity contribution in [2.75, 3.05) is 6.54 Å². The van der Waals surface area contributed by atoms with Crippen molar-refractivity contribution in [3.63, 3.8) is 0 Å². The molecule has 0 bridgehead atoms. The number of hydrogen-bond donors (Lipinski definition) is 2. The Balaban J connectivity index is 2.91. The van der Waals surface area contributed by atoms with Crippen LogP contribution < -0.4 is 11.5 Å². The lowest BCUT2D eigenvalue weighted by Crippen LogP contribution is -2.15. The molecule has 1 aromatic rings. The first-order valence-electron chi connectivity index (χ1n) is 4.05. The summed E-state index contributed by atoms with van der Waals surface area (Å²) in [7, 11) is 0. The predicted molar refractivity (Wildman–Crippen MR) is 54.7 cm³/mol. The third-order valence-electron chi connectivity index (χ3n) is 1.84. The SMILES string of the molecule is NCC[C@@H](N)c1cc(F)ccc1Br. The van der Waals surface area contributed by atoms with Crippen LogP contribution in [-0.2, 0) is 0 Å². The smallest absolute Gasteiger partial charge is 0.123 e. The van der Waals surface area contributed by atoms with E-state index in [-0.39, 0.29) is 11.9 Å². The lowest BCUT2D eigenvalue weighted by atomic mass is 10.1. The zero-order valence-corrected chi connectivity index (χ0v) is 8.72. The van der Waals surface area contributed by atoms with Gasteiger partial charge in [0, 0.05) is 10.5 Å². The van der Waals surface area contributed by atoms with Gasteiger partial charge in [-0.15, -0.1) is 0 Å². The summed E-state index contributed by atoms with van der Waals surface area (Å²) in [6.45, 7) is 0.504. The van der Waals surface area contributed by atoms with E-state index in [1.165, 1.54) is 12.1 Å². The molecule has 0 unspecified atom stereocenters. The third-order valence-corrected chi connectivity index (χ3v) is 2.56. The van der Waals surface area contributed by atoms with Crippen LogP contribution in [0.1, 0.15) is 18.0 Å². The second-order valence-electron chi connectivity index (χ2n) is 2.85. The Morgan fingerprint density at radius 1 is 1.46 bits per heavy atom. The second-order valence-corrected chi connectivity index (χ2v) is 3.70. The summed E-state index contributed by atoms with van der Waals surface area (Å²) >= 11 is 3.31. The number of benzene rings is 1. The van der Waals surface area contributed by atoms with Crippen LogP contribution in [0, 0.1) is 5.82 Å². The summed E-state index contributed by atoms with van der Waals surface area (Å²) in [6, 6.07) is 4.28. The molecule has 1 atom stereocenters. The van der Waals surface area contributed by atoms with Gasteiger partial charge >= 0.3 is 0 Å². The van der Waals surface area contributed by atoms with Crippen molar-refractivity contribution in [1.82, 2.24) is 0 Å². The molecule has 0 aliphatic heterocycles. The quantitative estimate of drug-likeness (QED) is 0.857. The molecule has 0 saturated heterocycles. The van der Waals surface area contributed by atoms with Crippen molar-refractivity contribution in [2.45, 2.75) is 12.5 Å². The summed E-state index contributed by atoms with van der Waals surface area (Å²) < 4.78 is 13.7. The van der Waals surface area contributed by atoms with Crippen LogP contribution in [0.5, 0.6) is 0 Å². The summed E-state index contributed by atoms with van der Waals surface area (Å²) in [6.07, 6.45) is 0.655. The van der Waals surface area contributed by atoms with Crippen LogP contribution in [-0.4, -0.2) is 6.54 Å². The molecule has 2 nitrogen and oxygen atoms in total. The van der Waals surface area contributed by atoms with E-state index in [9.17, 15) is 4.39 Å². The Labute approximate surface area is 85.2 Å². The molecule has 4 N–H and O–H groups in total. The maximum absolute atomic E-state index is 12.8. The van der Waals surface area contributed by atoms with Crippen LogP contribution in [0.3, 0.4) is 0 Å². The number of nitrogens with two attached hydrogens (primary N) is 2. The molecule has 13 heavy (non-hydrogen) atoms. The minimum Gasteiger partial charge on any atom is -0.330 e. The summed E-state index contributed by atoms with van der Waals surface area (Å²) in [5.74, 6) is -0.273. The van der Waals surface area contributed by atoms with E-state index < -0.39 is 0 Å². The van der Waals surface area contributed by atoms with Crippen LogP contribution in [0.4, 0.5) is 4.39 Å². The van der Waals surface area contributed by atoms with Gasteiger partial charge in [-0.3, -0.25) is 0 Å². The average molecular weight is 247 g/mol. The average Bonchev–Trinajstić information content (AvgIpc) is 2.09. The van der Waals surface area contributed by atoms with E-state index >= 15 is 0 Å². The highest BCUT2D eigenvalue weighted by molar-refractivity contribution is 9.10. The van der Waals surface area contributed by atoms with E-state index in [1.54, 1.807) is 6.07 Å². The highest BCUT2D eigenvalue weighted by Crippen LogP contribution is 2.24. The minimum absolute atomic E-state index is 0.199. The maximum Gasteiger partial charge on any atom is 0.123 e. The molecule has 0 aliphatic rings. The van der Waals surface area contributed by atoms with Crippen molar-refractivity contribution in [3.8, 4) is 0 Å². The fourth-order valence-electron chi connectivity index (χ4n) is 1.13. The predicted octanol–water partition coefficient (Wildman–Crippen LogP) is 1.94. The zero-order valence-electron chi connectivity index (χ0n) is 7.13. The fraction of sp³-hybridized carbons (Fsp3) is 0.333. The lowest BCUT2D eigenvalue weighted by Gasteiger charge is -2.12. The molecule has 72 valence electrons. The Morgan fingerprint density at radius 2 is 2.15 bits per heavy atom. The van der Waals surface area contributed by atoms with Crippen molar-refractivity contribution >= 4 is 15.9 Å². The molecule has 0 heterocycles. The maximum atomic E-state index is 12.8.